The number of primary sulfonamides is 1. The van der Waals surface area contributed by atoms with E-state index in [0.29, 0.717) is 5.56 Å². The van der Waals surface area contributed by atoms with Crippen molar-refractivity contribution in [3.8, 4) is 11.4 Å². The van der Waals surface area contributed by atoms with Gasteiger partial charge in [0.2, 0.25) is 0 Å². The Labute approximate surface area is 116 Å². The molecule has 2 aromatic rings. The Hall–Kier alpha value is -1.78. The molecule has 0 amide bonds. The molecule has 1 aromatic carbocycles. The van der Waals surface area contributed by atoms with E-state index in [1.807, 2.05) is 0 Å². The van der Waals surface area contributed by atoms with E-state index in [1.54, 1.807) is 6.07 Å². The quantitative estimate of drug-likeness (QED) is 0.816. The molecule has 0 saturated heterocycles. The molecule has 2 rings (SSSR count). The first-order valence-electron chi connectivity index (χ1n) is 5.33. The molecule has 10 heteroatoms. The smallest absolute Gasteiger partial charge is 0.273 e. The van der Waals surface area contributed by atoms with Crippen LogP contribution in [0, 0.1) is 0 Å². The van der Waals surface area contributed by atoms with Gasteiger partial charge in [0, 0.05) is 18.9 Å². The normalized spacial score (nSPS) is 12.6. The highest BCUT2D eigenvalue weighted by molar-refractivity contribution is 7.90. The number of benzene rings is 1. The van der Waals surface area contributed by atoms with Gasteiger partial charge in [0.05, 0.1) is 4.90 Å². The first-order chi connectivity index (χ1) is 9.10. The molecule has 0 aliphatic rings. The van der Waals surface area contributed by atoms with Crippen molar-refractivity contribution in [1.29, 1.82) is 0 Å². The van der Waals surface area contributed by atoms with Gasteiger partial charge in [0.1, 0.15) is 0 Å². The molecular formula is C10H12N4O4S2. The molecule has 0 bridgehead atoms. The minimum Gasteiger partial charge on any atom is -0.300 e. The molecule has 0 atom stereocenters. The van der Waals surface area contributed by atoms with E-state index in [-0.39, 0.29) is 10.7 Å². The Bertz CT molecular complexity index is 868. The Morgan fingerprint density at radius 1 is 1.15 bits per heavy atom. The molecule has 0 aliphatic carbocycles. The number of nitrogens with two attached hydrogens (primary N) is 1. The second-order valence-electron chi connectivity index (χ2n) is 4.21. The van der Waals surface area contributed by atoms with E-state index in [9.17, 15) is 16.8 Å². The summed E-state index contributed by atoms with van der Waals surface area (Å²) in [7, 11) is -5.92. The molecule has 0 spiro atoms. The minimum atomic E-state index is -3.99. The van der Waals surface area contributed by atoms with E-state index in [0.717, 1.165) is 6.26 Å². The van der Waals surface area contributed by atoms with Crippen LogP contribution in [0.15, 0.2) is 34.3 Å². The molecule has 8 nitrogen and oxygen atoms in total. The Morgan fingerprint density at radius 3 is 2.30 bits per heavy atom. The third-order valence-electron chi connectivity index (χ3n) is 2.61. The van der Waals surface area contributed by atoms with Gasteiger partial charge in [-0.15, -0.1) is 10.2 Å². The summed E-state index contributed by atoms with van der Waals surface area (Å²) in [4.78, 5) is 0.107. The highest BCUT2D eigenvalue weighted by atomic mass is 32.2. The van der Waals surface area contributed by atoms with Crippen molar-refractivity contribution >= 4 is 19.9 Å². The van der Waals surface area contributed by atoms with Crippen LogP contribution in [0.5, 0.6) is 0 Å². The molecule has 0 aliphatic heterocycles. The Morgan fingerprint density at radius 2 is 1.80 bits per heavy atom. The number of hydrogen-bond donors (Lipinski definition) is 1. The third kappa shape index (κ3) is 2.71. The molecule has 0 fully saturated rings. The molecule has 20 heavy (non-hydrogen) atoms. The van der Waals surface area contributed by atoms with Crippen molar-refractivity contribution in [2.75, 3.05) is 6.26 Å². The summed E-state index contributed by atoms with van der Waals surface area (Å²) >= 11 is 0. The zero-order valence-electron chi connectivity index (χ0n) is 10.7. The van der Waals surface area contributed by atoms with Crippen LogP contribution in [0.3, 0.4) is 0 Å². The van der Waals surface area contributed by atoms with Crippen LogP contribution in [0.4, 0.5) is 0 Å². The van der Waals surface area contributed by atoms with Gasteiger partial charge in [-0.1, -0.05) is 12.1 Å². The van der Waals surface area contributed by atoms with E-state index in [2.05, 4.69) is 10.2 Å². The van der Waals surface area contributed by atoms with E-state index >= 15 is 0 Å². The monoisotopic (exact) mass is 316 g/mol. The van der Waals surface area contributed by atoms with Crippen LogP contribution in [0.25, 0.3) is 11.4 Å². The van der Waals surface area contributed by atoms with Crippen LogP contribution in [-0.2, 0) is 26.9 Å². The lowest BCUT2D eigenvalue weighted by Gasteiger charge is -2.04. The fourth-order valence-electron chi connectivity index (χ4n) is 1.68. The summed E-state index contributed by atoms with van der Waals surface area (Å²) in [5, 5.41) is 11.9. The molecule has 108 valence electrons. The molecule has 0 unspecified atom stereocenters. The third-order valence-corrected chi connectivity index (χ3v) is 4.58. The highest BCUT2D eigenvalue weighted by Crippen LogP contribution is 2.21. The lowest BCUT2D eigenvalue weighted by Crippen LogP contribution is -2.17. The largest absolute Gasteiger partial charge is 0.300 e. The van der Waals surface area contributed by atoms with Gasteiger partial charge in [-0.3, -0.25) is 4.57 Å². The van der Waals surface area contributed by atoms with Crippen LogP contribution >= 0.6 is 0 Å². The maximum atomic E-state index is 11.5. The van der Waals surface area contributed by atoms with Gasteiger partial charge in [-0.05, 0) is 12.1 Å². The lowest BCUT2D eigenvalue weighted by molar-refractivity contribution is 0.580. The average Bonchev–Trinajstić information content (AvgIpc) is 2.70. The van der Waals surface area contributed by atoms with E-state index in [1.165, 1.54) is 29.8 Å². The summed E-state index contributed by atoms with van der Waals surface area (Å²) in [6, 6.07) is 5.98. The number of sulfone groups is 1. The van der Waals surface area contributed by atoms with Crippen LogP contribution in [0.2, 0.25) is 0 Å². The first-order valence-corrected chi connectivity index (χ1v) is 8.77. The standard InChI is InChI=1S/C10H12N4O4S2/c1-14-9(12-13-10(14)20(11,17)18)7-4-3-5-8(6-7)19(2,15)16/h3-6H,1-2H3,(H2,11,17,18). The van der Waals surface area contributed by atoms with Gasteiger partial charge in [0.15, 0.2) is 15.7 Å². The van der Waals surface area contributed by atoms with Gasteiger partial charge >= 0.3 is 0 Å². The maximum Gasteiger partial charge on any atom is 0.273 e. The SMILES string of the molecule is Cn1c(-c2cccc(S(C)(=O)=O)c2)nnc1S(N)(=O)=O. The summed E-state index contributed by atoms with van der Waals surface area (Å²) in [6.45, 7) is 0. The number of sulfonamides is 1. The van der Waals surface area contributed by atoms with E-state index < -0.39 is 25.0 Å². The molecule has 0 radical (unpaired) electrons. The summed E-state index contributed by atoms with van der Waals surface area (Å²) in [5.74, 6) is 0.208. The number of aromatic nitrogens is 3. The van der Waals surface area contributed by atoms with E-state index in [4.69, 9.17) is 5.14 Å². The van der Waals surface area contributed by atoms with Crippen molar-refractivity contribution in [2.24, 2.45) is 12.2 Å². The lowest BCUT2D eigenvalue weighted by atomic mass is 10.2. The molecule has 1 heterocycles. The van der Waals surface area contributed by atoms with Crippen molar-refractivity contribution in [1.82, 2.24) is 14.8 Å². The van der Waals surface area contributed by atoms with Crippen molar-refractivity contribution in [2.45, 2.75) is 10.1 Å². The second-order valence-corrected chi connectivity index (χ2v) is 7.68. The fourth-order valence-corrected chi connectivity index (χ4v) is 2.97. The average molecular weight is 316 g/mol. The number of rotatable bonds is 3. The van der Waals surface area contributed by atoms with Gasteiger partial charge < -0.3 is 0 Å². The van der Waals surface area contributed by atoms with Gasteiger partial charge in [-0.25, -0.2) is 22.0 Å². The number of hydrogen-bond acceptors (Lipinski definition) is 6. The topological polar surface area (TPSA) is 125 Å². The summed E-state index contributed by atoms with van der Waals surface area (Å²) < 4.78 is 46.8. The maximum absolute atomic E-state index is 11.5. The predicted octanol–water partition coefficient (Wildman–Crippen LogP) is -0.467. The summed E-state index contributed by atoms with van der Waals surface area (Å²) in [6.07, 6.45) is 1.08. The van der Waals surface area contributed by atoms with Crippen molar-refractivity contribution in [3.05, 3.63) is 24.3 Å². The second kappa shape index (κ2) is 4.65. The first kappa shape index (κ1) is 14.6. The van der Waals surface area contributed by atoms with Crippen LogP contribution in [0.1, 0.15) is 0 Å². The zero-order chi connectivity index (χ0) is 15.1. The van der Waals surface area contributed by atoms with Crippen LogP contribution in [-0.4, -0.2) is 37.9 Å². The van der Waals surface area contributed by atoms with Crippen LogP contribution < -0.4 is 5.14 Å². The fraction of sp³-hybridized carbons (Fsp3) is 0.200. The van der Waals surface area contributed by atoms with Crippen molar-refractivity contribution in [3.63, 3.8) is 0 Å². The predicted molar refractivity (Wildman–Crippen MR) is 70.9 cm³/mol. The van der Waals surface area contributed by atoms with Gasteiger partial charge in [0.25, 0.3) is 15.2 Å². The molecule has 0 saturated carbocycles. The van der Waals surface area contributed by atoms with Crippen molar-refractivity contribution < 1.29 is 16.8 Å². The molecule has 2 N–H and O–H groups in total. The minimum absolute atomic E-state index is 0.107. The Kier molecular flexibility index (Phi) is 3.40. The highest BCUT2D eigenvalue weighted by Gasteiger charge is 2.20. The molecular weight excluding hydrogens is 304 g/mol. The van der Waals surface area contributed by atoms with Gasteiger partial charge in [-0.2, -0.15) is 0 Å². The summed E-state index contributed by atoms with van der Waals surface area (Å²) in [5.41, 5.74) is 0.429. The number of nitrogens with zero attached hydrogens (tertiary/aromatic N) is 3. The Balaban J connectivity index is 2.62. The molecule has 1 aromatic heterocycles. The zero-order valence-corrected chi connectivity index (χ0v) is 12.3.